The molecule has 4 heteroatoms. The van der Waals surface area contributed by atoms with Gasteiger partial charge in [-0.25, -0.2) is 0 Å². The van der Waals surface area contributed by atoms with E-state index in [1.807, 2.05) is 0 Å². The van der Waals surface area contributed by atoms with Crippen LogP contribution in [0.3, 0.4) is 0 Å². The molecule has 1 atom stereocenters. The molecule has 3 nitrogen and oxygen atoms in total. The molecule has 0 saturated heterocycles. The highest BCUT2D eigenvalue weighted by Gasteiger charge is 2.34. The molecule has 0 heterocycles. The van der Waals surface area contributed by atoms with Crippen LogP contribution in [0.2, 0.25) is 0 Å². The Morgan fingerprint density at radius 3 is 2.06 bits per heavy atom. The molecule has 0 aromatic heterocycles. The highest BCUT2D eigenvalue weighted by Crippen LogP contribution is 2.41. The first-order chi connectivity index (χ1) is 7.08. The fraction of sp³-hybridized carbons (Fsp3) is 0.917. The fourth-order valence-corrected chi connectivity index (χ4v) is 3.20. The Bertz CT molecular complexity index is 253. The molecule has 0 radical (unpaired) electrons. The summed E-state index contributed by atoms with van der Waals surface area (Å²) in [4.78, 5) is 10.8. The molecule has 0 aromatic rings. The van der Waals surface area contributed by atoms with Crippen LogP contribution in [0.15, 0.2) is 0 Å². The van der Waals surface area contributed by atoms with Crippen molar-refractivity contribution in [2.45, 2.75) is 47.5 Å². The van der Waals surface area contributed by atoms with Crippen molar-refractivity contribution in [1.82, 2.24) is 0 Å². The van der Waals surface area contributed by atoms with Crippen molar-refractivity contribution in [3.63, 3.8) is 0 Å². The third-order valence-corrected chi connectivity index (χ3v) is 3.40. The van der Waals surface area contributed by atoms with Gasteiger partial charge in [-0.15, -0.1) is 0 Å². The number of carboxylic acid groups (broad SMARTS) is 1. The van der Waals surface area contributed by atoms with E-state index in [0.717, 1.165) is 6.42 Å². The van der Waals surface area contributed by atoms with E-state index >= 15 is 0 Å². The fourth-order valence-electron chi connectivity index (χ4n) is 2.40. The second-order valence-corrected chi connectivity index (χ2v) is 6.96. The molecule has 0 spiro atoms. The quantitative estimate of drug-likeness (QED) is 0.724. The minimum absolute atomic E-state index is 0.0378. The van der Waals surface area contributed by atoms with Crippen molar-refractivity contribution >= 4 is 14.4 Å². The smallest absolute Gasteiger partial charge is 0.303 e. The van der Waals surface area contributed by atoms with E-state index in [1.165, 1.54) is 0 Å². The van der Waals surface area contributed by atoms with Gasteiger partial charge in [-0.05, 0) is 23.2 Å². The normalized spacial score (nSPS) is 15.1. The van der Waals surface area contributed by atoms with Crippen LogP contribution in [0.1, 0.15) is 47.5 Å². The zero-order valence-electron chi connectivity index (χ0n) is 10.9. The van der Waals surface area contributed by atoms with Gasteiger partial charge < -0.3 is 5.11 Å². The van der Waals surface area contributed by atoms with Crippen LogP contribution in [0.4, 0.5) is 0 Å². The lowest BCUT2D eigenvalue weighted by Gasteiger charge is -2.37. The van der Waals surface area contributed by atoms with Gasteiger partial charge in [0.25, 0.3) is 0 Å². The number of carbonyl (C=O) groups is 1. The molecule has 16 heavy (non-hydrogen) atoms. The van der Waals surface area contributed by atoms with Crippen molar-refractivity contribution < 1.29 is 14.5 Å². The summed E-state index contributed by atoms with van der Waals surface area (Å²) in [6.45, 7) is 10.6. The van der Waals surface area contributed by atoms with E-state index < -0.39 is 5.97 Å². The topological polar surface area (TPSA) is 54.4 Å². The summed E-state index contributed by atoms with van der Waals surface area (Å²) in [5, 5.41) is 8.87. The van der Waals surface area contributed by atoms with Gasteiger partial charge in [0.1, 0.15) is 0 Å². The molecule has 0 amide bonds. The third-order valence-electron chi connectivity index (χ3n) is 2.81. The first-order valence-electron chi connectivity index (χ1n) is 5.59. The average Bonchev–Trinajstić information content (AvgIpc) is 1.97. The molecule has 0 aliphatic carbocycles. The minimum Gasteiger partial charge on any atom is -0.481 e. The number of carboxylic acids is 1. The average molecular weight is 246 g/mol. The van der Waals surface area contributed by atoms with Crippen LogP contribution in [-0.4, -0.2) is 17.2 Å². The summed E-state index contributed by atoms with van der Waals surface area (Å²) < 4.78 is 10.7. The van der Waals surface area contributed by atoms with Gasteiger partial charge in [-0.3, -0.25) is 9.36 Å². The molecule has 0 unspecified atom stereocenters. The molecule has 1 N–H and O–H groups in total. The largest absolute Gasteiger partial charge is 0.481 e. The second-order valence-electron chi connectivity index (χ2n) is 6.33. The SMILES string of the molecule is CC(C)(C)CC(C)(C)[C@@H](CP=O)CC(=O)O. The standard InChI is InChI=1S/C12H23O3P/c1-11(2,3)8-12(4,5)9(7-16-15)6-10(13)14/h9H,6-8H2,1-5H3,(H,13,14)/t9-/m1/s1. The molecule has 0 rings (SSSR count). The second kappa shape index (κ2) is 5.77. The molecule has 0 aliphatic heterocycles. The summed E-state index contributed by atoms with van der Waals surface area (Å²) in [6.07, 6.45) is 1.45. The first-order valence-corrected chi connectivity index (χ1v) is 6.59. The summed E-state index contributed by atoms with van der Waals surface area (Å²) in [7, 11) is 0.0378. The Kier molecular flexibility index (Phi) is 5.61. The van der Waals surface area contributed by atoms with E-state index in [9.17, 15) is 9.36 Å². The number of hydrogen-bond donors (Lipinski definition) is 1. The molecule has 94 valence electrons. The van der Waals surface area contributed by atoms with E-state index in [1.54, 1.807) is 0 Å². The van der Waals surface area contributed by atoms with E-state index in [2.05, 4.69) is 34.6 Å². The van der Waals surface area contributed by atoms with E-state index in [-0.39, 0.29) is 31.6 Å². The Hall–Kier alpha value is -0.430. The van der Waals surface area contributed by atoms with Crippen molar-refractivity contribution in [3.8, 4) is 0 Å². The van der Waals surface area contributed by atoms with Crippen molar-refractivity contribution in [3.05, 3.63) is 0 Å². The van der Waals surface area contributed by atoms with Crippen LogP contribution in [0.25, 0.3) is 0 Å². The molecule has 0 aliphatic rings. The minimum atomic E-state index is -0.810. The van der Waals surface area contributed by atoms with Gasteiger partial charge in [-0.1, -0.05) is 34.6 Å². The van der Waals surface area contributed by atoms with Crippen molar-refractivity contribution in [2.24, 2.45) is 16.7 Å². The lowest BCUT2D eigenvalue weighted by atomic mass is 9.68. The zero-order valence-corrected chi connectivity index (χ0v) is 11.8. The van der Waals surface area contributed by atoms with Crippen molar-refractivity contribution in [2.75, 3.05) is 6.16 Å². The number of rotatable bonds is 6. The molecule has 0 fully saturated rings. The lowest BCUT2D eigenvalue weighted by Crippen LogP contribution is -2.32. The summed E-state index contributed by atoms with van der Waals surface area (Å²) >= 11 is 0. The Labute approximate surface area is 99.8 Å². The van der Waals surface area contributed by atoms with Crippen LogP contribution >= 0.6 is 8.46 Å². The van der Waals surface area contributed by atoms with E-state index in [0.29, 0.717) is 6.16 Å². The maximum atomic E-state index is 10.8. The molecule has 0 bridgehead atoms. The third kappa shape index (κ3) is 6.22. The van der Waals surface area contributed by atoms with Gasteiger partial charge in [0.2, 0.25) is 0 Å². The van der Waals surface area contributed by atoms with E-state index in [4.69, 9.17) is 5.11 Å². The Balaban J connectivity index is 4.73. The predicted octanol–water partition coefficient (Wildman–Crippen LogP) is 3.83. The number of hydrogen-bond acceptors (Lipinski definition) is 2. The van der Waals surface area contributed by atoms with Gasteiger partial charge in [0.05, 0.1) is 0 Å². The van der Waals surface area contributed by atoms with Crippen LogP contribution in [0.5, 0.6) is 0 Å². The maximum Gasteiger partial charge on any atom is 0.303 e. The van der Waals surface area contributed by atoms with Crippen LogP contribution in [-0.2, 0) is 9.36 Å². The summed E-state index contributed by atoms with van der Waals surface area (Å²) in [5.41, 5.74) is 0.0497. The highest BCUT2D eigenvalue weighted by atomic mass is 31.1. The molecule has 0 aromatic carbocycles. The molecular formula is C12H23O3P. The van der Waals surface area contributed by atoms with Crippen LogP contribution in [0, 0.1) is 16.7 Å². The Morgan fingerprint density at radius 1 is 1.25 bits per heavy atom. The van der Waals surface area contributed by atoms with Gasteiger partial charge >= 0.3 is 5.97 Å². The summed E-state index contributed by atoms with van der Waals surface area (Å²) in [5.74, 6) is -0.848. The number of aliphatic carboxylic acids is 1. The first kappa shape index (κ1) is 15.6. The van der Waals surface area contributed by atoms with Gasteiger partial charge in [0.15, 0.2) is 8.46 Å². The predicted molar refractivity (Wildman–Crippen MR) is 66.1 cm³/mol. The molecule has 0 saturated carbocycles. The lowest BCUT2D eigenvalue weighted by molar-refractivity contribution is -0.139. The zero-order chi connectivity index (χ0) is 13.0. The monoisotopic (exact) mass is 246 g/mol. The maximum absolute atomic E-state index is 10.8. The summed E-state index contributed by atoms with van der Waals surface area (Å²) in [6, 6.07) is 0. The van der Waals surface area contributed by atoms with Gasteiger partial charge in [-0.2, -0.15) is 0 Å². The Morgan fingerprint density at radius 2 is 1.75 bits per heavy atom. The van der Waals surface area contributed by atoms with Crippen LogP contribution < -0.4 is 0 Å². The van der Waals surface area contributed by atoms with Gasteiger partial charge in [0, 0.05) is 12.6 Å². The highest BCUT2D eigenvalue weighted by molar-refractivity contribution is 7.23. The van der Waals surface area contributed by atoms with Crippen molar-refractivity contribution in [1.29, 1.82) is 0 Å². The molecular weight excluding hydrogens is 223 g/mol.